The summed E-state index contributed by atoms with van der Waals surface area (Å²) in [5.41, 5.74) is 1.87. The van der Waals surface area contributed by atoms with E-state index in [4.69, 9.17) is 5.84 Å². The van der Waals surface area contributed by atoms with E-state index in [0.29, 0.717) is 0 Å². The molecule has 1 heterocycles. The first-order valence-corrected chi connectivity index (χ1v) is 5.18. The topological polar surface area (TPSA) is 125 Å². The Balaban J connectivity index is 2.55. The number of β-amino-alcohol motifs (C(OH)–C–C–N with tert-alkyl or cyclic N) is 1. The summed E-state index contributed by atoms with van der Waals surface area (Å²) >= 11 is 0. The van der Waals surface area contributed by atoms with Crippen LogP contribution in [0.15, 0.2) is 0 Å². The van der Waals surface area contributed by atoms with E-state index < -0.39 is 24.0 Å². The largest absolute Gasteiger partial charge is 0.391 e. The molecular weight excluding hydrogens is 228 g/mol. The predicted molar refractivity (Wildman–Crippen MR) is 57.1 cm³/mol. The van der Waals surface area contributed by atoms with Crippen LogP contribution in [0.1, 0.15) is 13.3 Å². The first-order chi connectivity index (χ1) is 7.95. The van der Waals surface area contributed by atoms with Crippen LogP contribution < -0.4 is 16.6 Å². The number of aliphatic hydroxyl groups is 1. The monoisotopic (exact) mass is 244 g/mol. The fourth-order valence-corrected chi connectivity index (χ4v) is 1.75. The number of hydrogen-bond donors (Lipinski definition) is 4. The summed E-state index contributed by atoms with van der Waals surface area (Å²) in [6.07, 6.45) is -0.534. The van der Waals surface area contributed by atoms with Gasteiger partial charge in [0.25, 0.3) is 5.91 Å². The van der Waals surface area contributed by atoms with Gasteiger partial charge < -0.3 is 15.3 Å². The van der Waals surface area contributed by atoms with Crippen molar-refractivity contribution in [3.05, 3.63) is 0 Å². The van der Waals surface area contributed by atoms with Gasteiger partial charge in [0.1, 0.15) is 6.04 Å². The van der Waals surface area contributed by atoms with Gasteiger partial charge in [-0.15, -0.1) is 0 Å². The molecule has 2 atom stereocenters. The van der Waals surface area contributed by atoms with E-state index in [0.717, 1.165) is 0 Å². The maximum atomic E-state index is 11.7. The first-order valence-electron chi connectivity index (χ1n) is 5.18. The Morgan fingerprint density at radius 1 is 1.47 bits per heavy atom. The summed E-state index contributed by atoms with van der Waals surface area (Å²) in [5.74, 6) is 3.56. The highest BCUT2D eigenvalue weighted by atomic mass is 16.3. The highest BCUT2D eigenvalue weighted by Gasteiger charge is 2.37. The number of hydrogen-bond acceptors (Lipinski definition) is 5. The van der Waals surface area contributed by atoms with Crippen molar-refractivity contribution < 1.29 is 19.5 Å². The number of amides is 3. The summed E-state index contributed by atoms with van der Waals surface area (Å²) in [7, 11) is 0. The van der Waals surface area contributed by atoms with Gasteiger partial charge >= 0.3 is 0 Å². The van der Waals surface area contributed by atoms with E-state index in [1.807, 2.05) is 5.43 Å². The SMILES string of the molecule is CC(=O)N1CC(O)CC1C(=O)NCC(=O)NN. The second-order valence-corrected chi connectivity index (χ2v) is 3.86. The number of hydrazine groups is 1. The Labute approximate surface area is 98.1 Å². The molecule has 0 saturated carbocycles. The smallest absolute Gasteiger partial charge is 0.253 e. The van der Waals surface area contributed by atoms with Crippen LogP contribution in [0.5, 0.6) is 0 Å². The minimum atomic E-state index is -0.729. The molecule has 96 valence electrons. The van der Waals surface area contributed by atoms with Crippen LogP contribution >= 0.6 is 0 Å². The van der Waals surface area contributed by atoms with Gasteiger partial charge in [-0.1, -0.05) is 0 Å². The van der Waals surface area contributed by atoms with Gasteiger partial charge in [-0.2, -0.15) is 0 Å². The Morgan fingerprint density at radius 3 is 2.65 bits per heavy atom. The Bertz CT molecular complexity index is 333. The standard InChI is InChI=1S/C9H16N4O4/c1-5(14)13-4-6(15)2-7(13)9(17)11-3-8(16)12-10/h6-7,15H,2-4,10H2,1H3,(H,11,17)(H,12,16). The number of nitrogens with zero attached hydrogens (tertiary/aromatic N) is 1. The van der Waals surface area contributed by atoms with Crippen LogP contribution in [0.2, 0.25) is 0 Å². The van der Waals surface area contributed by atoms with Gasteiger partial charge in [-0.05, 0) is 0 Å². The van der Waals surface area contributed by atoms with Crippen LogP contribution in [0.3, 0.4) is 0 Å². The lowest BCUT2D eigenvalue weighted by Crippen LogP contribution is -2.48. The number of rotatable bonds is 3. The zero-order chi connectivity index (χ0) is 13.0. The van der Waals surface area contributed by atoms with Gasteiger partial charge in [0.05, 0.1) is 12.6 Å². The van der Waals surface area contributed by atoms with Crippen LogP contribution in [0.25, 0.3) is 0 Å². The molecule has 1 saturated heterocycles. The Hall–Kier alpha value is -1.67. The Morgan fingerprint density at radius 2 is 2.12 bits per heavy atom. The summed E-state index contributed by atoms with van der Waals surface area (Å²) in [4.78, 5) is 35.0. The van der Waals surface area contributed by atoms with Crippen molar-refractivity contribution in [2.75, 3.05) is 13.1 Å². The van der Waals surface area contributed by atoms with Gasteiger partial charge in [-0.25, -0.2) is 5.84 Å². The fourth-order valence-electron chi connectivity index (χ4n) is 1.75. The third kappa shape index (κ3) is 3.40. The van der Waals surface area contributed by atoms with Crippen molar-refractivity contribution in [3.63, 3.8) is 0 Å². The molecule has 1 rings (SSSR count). The first kappa shape index (κ1) is 13.4. The molecule has 3 amide bonds. The number of carbonyl (C=O) groups is 3. The van der Waals surface area contributed by atoms with Crippen molar-refractivity contribution in [3.8, 4) is 0 Å². The highest BCUT2D eigenvalue weighted by molar-refractivity contribution is 5.90. The number of carbonyl (C=O) groups excluding carboxylic acids is 3. The lowest BCUT2D eigenvalue weighted by atomic mass is 10.2. The molecule has 0 spiro atoms. The molecule has 0 aromatic carbocycles. The van der Waals surface area contributed by atoms with E-state index in [1.165, 1.54) is 11.8 Å². The van der Waals surface area contributed by atoms with Crippen molar-refractivity contribution in [1.82, 2.24) is 15.6 Å². The van der Waals surface area contributed by atoms with E-state index in [9.17, 15) is 19.5 Å². The van der Waals surface area contributed by atoms with E-state index in [-0.39, 0.29) is 25.4 Å². The normalized spacial score (nSPS) is 23.4. The lowest BCUT2D eigenvalue weighted by molar-refractivity contribution is -0.137. The Kier molecular flexibility index (Phi) is 4.41. The van der Waals surface area contributed by atoms with Gasteiger partial charge in [-0.3, -0.25) is 19.8 Å². The van der Waals surface area contributed by atoms with E-state index in [2.05, 4.69) is 5.32 Å². The number of nitrogens with two attached hydrogens (primary N) is 1. The van der Waals surface area contributed by atoms with Gasteiger partial charge in [0.2, 0.25) is 11.8 Å². The summed E-state index contributed by atoms with van der Waals surface area (Å²) in [6.45, 7) is 1.20. The maximum absolute atomic E-state index is 11.7. The quantitative estimate of drug-likeness (QED) is 0.240. The molecule has 2 unspecified atom stereocenters. The molecule has 0 aliphatic carbocycles. The lowest BCUT2D eigenvalue weighted by Gasteiger charge is -2.21. The molecule has 0 aromatic heterocycles. The molecule has 0 radical (unpaired) electrons. The molecule has 1 aliphatic rings. The number of nitrogens with one attached hydrogen (secondary N) is 2. The maximum Gasteiger partial charge on any atom is 0.253 e. The van der Waals surface area contributed by atoms with Gasteiger partial charge in [0.15, 0.2) is 0 Å². The summed E-state index contributed by atoms with van der Waals surface area (Å²) < 4.78 is 0. The van der Waals surface area contributed by atoms with Crippen LogP contribution in [0, 0.1) is 0 Å². The summed E-state index contributed by atoms with van der Waals surface area (Å²) in [6, 6.07) is -0.729. The molecule has 1 fully saturated rings. The van der Waals surface area contributed by atoms with Crippen molar-refractivity contribution in [2.24, 2.45) is 5.84 Å². The second kappa shape index (κ2) is 5.60. The number of likely N-dealkylation sites (tertiary alicyclic amines) is 1. The molecule has 5 N–H and O–H groups in total. The van der Waals surface area contributed by atoms with Gasteiger partial charge in [0, 0.05) is 19.9 Å². The zero-order valence-corrected chi connectivity index (χ0v) is 9.47. The van der Waals surface area contributed by atoms with Crippen LogP contribution in [-0.2, 0) is 14.4 Å². The molecule has 0 bridgehead atoms. The molecule has 8 nitrogen and oxygen atoms in total. The third-order valence-corrected chi connectivity index (χ3v) is 2.57. The minimum Gasteiger partial charge on any atom is -0.391 e. The molecule has 17 heavy (non-hydrogen) atoms. The third-order valence-electron chi connectivity index (χ3n) is 2.57. The highest BCUT2D eigenvalue weighted by Crippen LogP contribution is 2.17. The molecule has 1 aliphatic heterocycles. The second-order valence-electron chi connectivity index (χ2n) is 3.86. The van der Waals surface area contributed by atoms with E-state index >= 15 is 0 Å². The summed E-state index contributed by atoms with van der Waals surface area (Å²) in [5, 5.41) is 11.8. The fraction of sp³-hybridized carbons (Fsp3) is 0.667. The molecule has 0 aromatic rings. The zero-order valence-electron chi connectivity index (χ0n) is 9.47. The minimum absolute atomic E-state index is 0.135. The predicted octanol–water partition coefficient (Wildman–Crippen LogP) is -2.93. The van der Waals surface area contributed by atoms with Crippen molar-refractivity contribution >= 4 is 17.7 Å². The van der Waals surface area contributed by atoms with Crippen LogP contribution in [-0.4, -0.2) is 53.0 Å². The molecular formula is C9H16N4O4. The average molecular weight is 244 g/mol. The van der Waals surface area contributed by atoms with E-state index in [1.54, 1.807) is 0 Å². The van der Waals surface area contributed by atoms with Crippen molar-refractivity contribution in [2.45, 2.75) is 25.5 Å². The van der Waals surface area contributed by atoms with Crippen molar-refractivity contribution in [1.29, 1.82) is 0 Å². The average Bonchev–Trinajstić information content (AvgIpc) is 2.67. The van der Waals surface area contributed by atoms with Crippen LogP contribution in [0.4, 0.5) is 0 Å². The molecule has 8 heteroatoms. The number of aliphatic hydroxyl groups excluding tert-OH is 1.